The van der Waals surface area contributed by atoms with Crippen LogP contribution in [0.4, 0.5) is 5.69 Å². The lowest BCUT2D eigenvalue weighted by atomic mass is 9.85. The van der Waals surface area contributed by atoms with E-state index in [1.807, 2.05) is 36.4 Å². The van der Waals surface area contributed by atoms with Gasteiger partial charge < -0.3 is 40.3 Å². The summed E-state index contributed by atoms with van der Waals surface area (Å²) in [6.45, 7) is 1.82. The van der Waals surface area contributed by atoms with E-state index in [9.17, 15) is 30.3 Å². The average molecular weight is 763 g/mol. The van der Waals surface area contributed by atoms with E-state index in [0.717, 1.165) is 44.3 Å². The largest absolute Gasteiger partial charge is 0.508 e. The molecule has 6 atom stereocenters. The summed E-state index contributed by atoms with van der Waals surface area (Å²) in [6.07, 6.45) is 0.299. The molecule has 1 aliphatic heterocycles. The van der Waals surface area contributed by atoms with Crippen molar-refractivity contribution in [3.05, 3.63) is 82.9 Å². The third-order valence-corrected chi connectivity index (χ3v) is 13.1. The second-order valence-electron chi connectivity index (χ2n) is 14.1. The van der Waals surface area contributed by atoms with Gasteiger partial charge in [0.15, 0.2) is 11.5 Å². The first-order valence-corrected chi connectivity index (χ1v) is 20.6. The molecule has 4 aromatic carbocycles. The quantitative estimate of drug-likeness (QED) is 0.0692. The molecule has 2 aliphatic rings. The van der Waals surface area contributed by atoms with Crippen LogP contribution in [-0.2, 0) is 22.6 Å². The molecule has 6 unspecified atom stereocenters. The Morgan fingerprint density at radius 1 is 1.02 bits per heavy atom. The SMILES string of the molecule is CNC(OC1CC(=O)CCc2ccc(O)c(OC)c2-c2ccc3ccc(O)cc3c2C2CCC1CC(O)CSS2)c1ccc(NCC(C)O)c(CO)c1. The van der Waals surface area contributed by atoms with Crippen molar-refractivity contribution in [2.75, 3.05) is 31.8 Å². The molecule has 7 N–H and O–H groups in total. The van der Waals surface area contributed by atoms with Gasteiger partial charge in [-0.05, 0) is 109 Å². The number of phenolic OH excluding ortho intramolecular Hbond substituents is 2. The minimum Gasteiger partial charge on any atom is -0.508 e. The van der Waals surface area contributed by atoms with Gasteiger partial charge in [0.1, 0.15) is 17.8 Å². The Labute approximate surface area is 318 Å². The van der Waals surface area contributed by atoms with Gasteiger partial charge in [0.05, 0.1) is 32.0 Å². The monoisotopic (exact) mass is 762 g/mol. The first-order valence-electron chi connectivity index (χ1n) is 18.2. The number of anilines is 1. The fraction of sp³-hybridized carbons (Fsp3) is 0.439. The predicted molar refractivity (Wildman–Crippen MR) is 213 cm³/mol. The molecule has 1 saturated heterocycles. The smallest absolute Gasteiger partial charge is 0.168 e. The highest BCUT2D eigenvalue weighted by Crippen LogP contribution is 2.53. The molecule has 6 rings (SSSR count). The molecule has 284 valence electrons. The normalized spacial score (nSPS) is 22.2. The van der Waals surface area contributed by atoms with Crippen LogP contribution in [0.5, 0.6) is 17.2 Å². The Bertz CT molecular complexity index is 1910. The topological polar surface area (TPSA) is 161 Å². The van der Waals surface area contributed by atoms with Crippen LogP contribution in [-0.4, -0.2) is 76.1 Å². The van der Waals surface area contributed by atoms with E-state index in [1.54, 1.807) is 53.8 Å². The lowest BCUT2D eigenvalue weighted by Crippen LogP contribution is -2.35. The van der Waals surface area contributed by atoms with Crippen molar-refractivity contribution in [2.24, 2.45) is 5.92 Å². The number of rotatable bonds is 9. The minimum atomic E-state index is -0.618. The van der Waals surface area contributed by atoms with Crippen LogP contribution in [0.15, 0.2) is 60.7 Å². The Morgan fingerprint density at radius 3 is 2.58 bits per heavy atom. The zero-order valence-electron chi connectivity index (χ0n) is 30.4. The molecular formula is C41H50N2O8S2. The van der Waals surface area contributed by atoms with Gasteiger partial charge >= 0.3 is 0 Å². The lowest BCUT2D eigenvalue weighted by molar-refractivity contribution is -0.127. The first-order chi connectivity index (χ1) is 25.6. The maximum absolute atomic E-state index is 14.0. The number of aliphatic hydroxyl groups excluding tert-OH is 3. The Kier molecular flexibility index (Phi) is 13.1. The molecular weight excluding hydrogens is 713 g/mol. The third-order valence-electron chi connectivity index (χ3n) is 10.3. The number of carbonyl (C=O) groups is 1. The summed E-state index contributed by atoms with van der Waals surface area (Å²) < 4.78 is 12.7. The number of aliphatic hydroxyl groups is 3. The highest BCUT2D eigenvalue weighted by Gasteiger charge is 2.34. The number of methoxy groups -OCH3 is 1. The number of hydrogen-bond donors (Lipinski definition) is 7. The number of nitrogens with one attached hydrogen (secondary N) is 2. The number of ether oxygens (including phenoxy) is 2. The molecule has 53 heavy (non-hydrogen) atoms. The van der Waals surface area contributed by atoms with Gasteiger partial charge in [-0.1, -0.05) is 51.9 Å². The Balaban J connectivity index is 1.44. The Morgan fingerprint density at radius 2 is 1.83 bits per heavy atom. The summed E-state index contributed by atoms with van der Waals surface area (Å²) in [5.41, 5.74) is 5.64. The number of fused-ring (bicyclic) bond motifs is 9. The molecule has 12 heteroatoms. The van der Waals surface area contributed by atoms with Crippen LogP contribution in [0, 0.1) is 5.92 Å². The zero-order valence-corrected chi connectivity index (χ0v) is 32.0. The summed E-state index contributed by atoms with van der Waals surface area (Å²) in [6, 6.07) is 18.6. The van der Waals surface area contributed by atoms with Crippen LogP contribution in [0.1, 0.15) is 72.8 Å². The van der Waals surface area contributed by atoms with Gasteiger partial charge in [0, 0.05) is 47.2 Å². The van der Waals surface area contributed by atoms with E-state index in [4.69, 9.17) is 9.47 Å². The molecule has 0 aromatic heterocycles. The fourth-order valence-corrected chi connectivity index (χ4v) is 10.5. The summed E-state index contributed by atoms with van der Waals surface area (Å²) in [5.74, 6) is 0.844. The zero-order chi connectivity index (χ0) is 37.6. The maximum Gasteiger partial charge on any atom is 0.168 e. The molecule has 1 heterocycles. The van der Waals surface area contributed by atoms with Crippen molar-refractivity contribution in [1.29, 1.82) is 0 Å². The fourth-order valence-electron chi connectivity index (χ4n) is 7.65. The average Bonchev–Trinajstić information content (AvgIpc) is 3.24. The van der Waals surface area contributed by atoms with Crippen molar-refractivity contribution in [3.8, 4) is 28.4 Å². The van der Waals surface area contributed by atoms with Crippen molar-refractivity contribution in [3.63, 3.8) is 0 Å². The second-order valence-corrected chi connectivity index (χ2v) is 16.7. The minimum absolute atomic E-state index is 0.00576. The molecule has 2 bridgehead atoms. The van der Waals surface area contributed by atoms with E-state index >= 15 is 0 Å². The van der Waals surface area contributed by atoms with Crippen LogP contribution in [0.2, 0.25) is 0 Å². The van der Waals surface area contributed by atoms with Gasteiger partial charge in [0.25, 0.3) is 0 Å². The van der Waals surface area contributed by atoms with Crippen molar-refractivity contribution >= 4 is 43.8 Å². The van der Waals surface area contributed by atoms with Crippen molar-refractivity contribution in [1.82, 2.24) is 5.32 Å². The number of ketones is 1. The molecule has 0 saturated carbocycles. The number of aromatic hydroxyl groups is 2. The summed E-state index contributed by atoms with van der Waals surface area (Å²) in [5, 5.41) is 61.3. The van der Waals surface area contributed by atoms with Crippen LogP contribution in [0.3, 0.4) is 0 Å². The van der Waals surface area contributed by atoms with E-state index in [-0.39, 0.29) is 47.9 Å². The molecule has 1 aliphatic carbocycles. The number of phenols is 2. The highest BCUT2D eigenvalue weighted by molar-refractivity contribution is 8.76. The van der Waals surface area contributed by atoms with Crippen molar-refractivity contribution < 1.29 is 39.8 Å². The lowest BCUT2D eigenvalue weighted by Gasteiger charge is -2.32. The number of hydrogen-bond acceptors (Lipinski definition) is 12. The van der Waals surface area contributed by atoms with Gasteiger partial charge in [-0.3, -0.25) is 10.1 Å². The molecule has 1 fully saturated rings. The van der Waals surface area contributed by atoms with Crippen molar-refractivity contribution in [2.45, 2.75) is 81.8 Å². The highest BCUT2D eigenvalue weighted by atomic mass is 33.1. The number of benzene rings is 4. The van der Waals surface area contributed by atoms with E-state index in [2.05, 4.69) is 16.7 Å². The summed E-state index contributed by atoms with van der Waals surface area (Å²) in [4.78, 5) is 14.0. The third kappa shape index (κ3) is 9.08. The van der Waals surface area contributed by atoms with E-state index in [1.165, 1.54) is 7.11 Å². The Hall–Kier alpha value is -3.49. The summed E-state index contributed by atoms with van der Waals surface area (Å²) >= 11 is 0. The maximum atomic E-state index is 14.0. The van der Waals surface area contributed by atoms with E-state index in [0.29, 0.717) is 49.3 Å². The summed E-state index contributed by atoms with van der Waals surface area (Å²) in [7, 11) is 6.64. The standard InChI is InChI=1S/C41H50N2O8S2/c1-23(45)20-43-34-13-7-27(16-28(34)21-44)41(42-2)51-36-19-30(47)11-5-25-8-14-35(49)40(50-3)38(25)32-12-6-24-4-10-29(46)18-33(24)39(32)37-15-9-26(36)17-31(48)22-52-53-37/h4,6-8,10,12-14,16,18,23,26,31,36-37,41-46,48-49H,5,9,11,15,17,19-22H2,1-3H3. The number of aryl methyl sites for hydroxylation is 1. The van der Waals surface area contributed by atoms with Gasteiger partial charge in [-0.25, -0.2) is 0 Å². The van der Waals surface area contributed by atoms with Crippen LogP contribution < -0.4 is 15.4 Å². The molecule has 0 amide bonds. The molecule has 0 radical (unpaired) electrons. The second kappa shape index (κ2) is 17.8. The van der Waals surface area contributed by atoms with Crippen LogP contribution >= 0.6 is 21.6 Å². The molecule has 0 spiro atoms. The van der Waals surface area contributed by atoms with Crippen LogP contribution in [0.25, 0.3) is 21.9 Å². The number of carbonyl (C=O) groups excluding carboxylic acids is 1. The number of Topliss-reactive ketones (excluding diaryl/α,β-unsaturated/α-hetero) is 1. The van der Waals surface area contributed by atoms with Gasteiger partial charge in [0.2, 0.25) is 0 Å². The molecule has 10 nitrogen and oxygen atoms in total. The van der Waals surface area contributed by atoms with E-state index < -0.39 is 24.5 Å². The van der Waals surface area contributed by atoms with Gasteiger partial charge in [-0.2, -0.15) is 0 Å². The predicted octanol–water partition coefficient (Wildman–Crippen LogP) is 7.00. The molecule has 4 aromatic rings. The first kappa shape index (κ1) is 39.2. The van der Waals surface area contributed by atoms with Gasteiger partial charge in [-0.15, -0.1) is 0 Å².